The first kappa shape index (κ1) is 17.3. The van der Waals surface area contributed by atoms with Crippen LogP contribution in [0.1, 0.15) is 21.6 Å². The van der Waals surface area contributed by atoms with Crippen LogP contribution in [0.25, 0.3) is 10.8 Å². The van der Waals surface area contributed by atoms with Gasteiger partial charge in [0.25, 0.3) is 5.56 Å². The van der Waals surface area contributed by atoms with E-state index >= 15 is 0 Å². The Kier molecular flexibility index (Phi) is 4.53. The topological polar surface area (TPSA) is 104 Å². The Morgan fingerprint density at radius 3 is 2.31 bits per heavy atom. The smallest absolute Gasteiger partial charge is 0.275 e. The second-order valence-corrected chi connectivity index (χ2v) is 6.07. The van der Waals surface area contributed by atoms with E-state index in [2.05, 4.69) is 10.4 Å². The van der Waals surface area contributed by atoms with Gasteiger partial charge in [0.15, 0.2) is 0 Å². The molecule has 0 saturated carbocycles. The van der Waals surface area contributed by atoms with Crippen molar-refractivity contribution in [3.05, 3.63) is 69.6 Å². The summed E-state index contributed by atoms with van der Waals surface area (Å²) < 4.78 is 0.839. The Balaban J connectivity index is 1.95. The van der Waals surface area contributed by atoms with Gasteiger partial charge in [0.1, 0.15) is 12.2 Å². The van der Waals surface area contributed by atoms with Crippen molar-refractivity contribution in [3.8, 4) is 0 Å². The van der Waals surface area contributed by atoms with Crippen molar-refractivity contribution in [2.24, 2.45) is 0 Å². The highest BCUT2D eigenvalue weighted by Crippen LogP contribution is 2.14. The number of nitrogens with zero attached hydrogens (tertiary/aromatic N) is 2. The van der Waals surface area contributed by atoms with Crippen LogP contribution >= 0.6 is 0 Å². The fourth-order valence-corrected chi connectivity index (χ4v) is 2.88. The SMILES string of the molecule is Cc1cc(C)cc(NC(=O)Cn2nc(C(=O)[O-])c3ccccc3c2=O)c1. The Bertz CT molecular complexity index is 1070. The van der Waals surface area contributed by atoms with Gasteiger partial charge in [0.05, 0.1) is 11.4 Å². The van der Waals surface area contributed by atoms with E-state index in [4.69, 9.17) is 0 Å². The molecule has 0 aliphatic heterocycles. The minimum atomic E-state index is -1.51. The number of carboxylic acids is 1. The molecule has 0 bridgehead atoms. The summed E-state index contributed by atoms with van der Waals surface area (Å²) in [6.07, 6.45) is 0. The summed E-state index contributed by atoms with van der Waals surface area (Å²) >= 11 is 0. The largest absolute Gasteiger partial charge is 0.543 e. The second-order valence-electron chi connectivity index (χ2n) is 6.07. The zero-order valence-electron chi connectivity index (χ0n) is 14.3. The van der Waals surface area contributed by atoms with Crippen LogP contribution in [0.3, 0.4) is 0 Å². The molecular formula is C19H16N3O4-. The molecule has 1 aromatic heterocycles. The number of amides is 1. The van der Waals surface area contributed by atoms with E-state index in [1.165, 1.54) is 12.1 Å². The van der Waals surface area contributed by atoms with Crippen LogP contribution in [0.15, 0.2) is 47.3 Å². The molecule has 26 heavy (non-hydrogen) atoms. The highest BCUT2D eigenvalue weighted by atomic mass is 16.4. The molecule has 3 aromatic rings. The van der Waals surface area contributed by atoms with Crippen molar-refractivity contribution in [2.75, 3.05) is 5.32 Å². The molecular weight excluding hydrogens is 334 g/mol. The third-order valence-corrected chi connectivity index (χ3v) is 3.86. The van der Waals surface area contributed by atoms with Crippen LogP contribution in [0.5, 0.6) is 0 Å². The van der Waals surface area contributed by atoms with Gasteiger partial charge in [-0.3, -0.25) is 9.59 Å². The number of carboxylic acid groups (broad SMARTS) is 1. The molecule has 1 heterocycles. The molecule has 0 aliphatic rings. The molecule has 0 atom stereocenters. The quantitative estimate of drug-likeness (QED) is 0.756. The number of anilines is 1. The average Bonchev–Trinajstić information content (AvgIpc) is 2.56. The van der Waals surface area contributed by atoms with Crippen molar-refractivity contribution < 1.29 is 14.7 Å². The van der Waals surface area contributed by atoms with E-state index in [1.54, 1.807) is 24.3 Å². The normalized spacial score (nSPS) is 10.7. The molecule has 0 saturated heterocycles. The maximum atomic E-state index is 12.5. The number of aryl methyl sites for hydroxylation is 2. The number of fused-ring (bicyclic) bond motifs is 1. The second kappa shape index (κ2) is 6.79. The highest BCUT2D eigenvalue weighted by Gasteiger charge is 2.13. The number of carbonyl (C=O) groups is 2. The van der Waals surface area contributed by atoms with Gasteiger partial charge >= 0.3 is 0 Å². The molecule has 0 aliphatic carbocycles. The van der Waals surface area contributed by atoms with Crippen molar-refractivity contribution >= 4 is 28.3 Å². The Morgan fingerprint density at radius 2 is 1.69 bits per heavy atom. The summed E-state index contributed by atoms with van der Waals surface area (Å²) in [6.45, 7) is 3.41. The van der Waals surface area contributed by atoms with Crippen LogP contribution in [0.4, 0.5) is 5.69 Å². The van der Waals surface area contributed by atoms with Gasteiger partial charge < -0.3 is 15.2 Å². The van der Waals surface area contributed by atoms with Gasteiger partial charge in [0.2, 0.25) is 5.91 Å². The van der Waals surface area contributed by atoms with Crippen molar-refractivity contribution in [3.63, 3.8) is 0 Å². The van der Waals surface area contributed by atoms with Crippen LogP contribution in [0, 0.1) is 13.8 Å². The lowest BCUT2D eigenvalue weighted by molar-refractivity contribution is -0.255. The Hall–Kier alpha value is -3.48. The summed E-state index contributed by atoms with van der Waals surface area (Å²) in [5, 5.41) is 18.2. The zero-order chi connectivity index (χ0) is 18.8. The van der Waals surface area contributed by atoms with Crippen LogP contribution in [-0.2, 0) is 11.3 Å². The van der Waals surface area contributed by atoms with E-state index in [0.717, 1.165) is 15.8 Å². The minimum absolute atomic E-state index is 0.168. The minimum Gasteiger partial charge on any atom is -0.543 e. The maximum Gasteiger partial charge on any atom is 0.275 e. The van der Waals surface area contributed by atoms with E-state index < -0.39 is 24.0 Å². The standard InChI is InChI=1S/C19H17N3O4/c1-11-7-12(2)9-13(8-11)20-16(23)10-22-18(24)15-6-4-3-5-14(15)17(21-22)19(25)26/h3-9H,10H2,1-2H3,(H,20,23)(H,25,26)/p-1. The third-order valence-electron chi connectivity index (χ3n) is 3.86. The van der Waals surface area contributed by atoms with Crippen LogP contribution < -0.4 is 16.0 Å². The van der Waals surface area contributed by atoms with Gasteiger partial charge in [-0.05, 0) is 43.2 Å². The monoisotopic (exact) mass is 350 g/mol. The molecule has 0 spiro atoms. The van der Waals surface area contributed by atoms with Gasteiger partial charge in [0, 0.05) is 11.1 Å². The summed E-state index contributed by atoms with van der Waals surface area (Å²) in [6, 6.07) is 11.8. The fourth-order valence-electron chi connectivity index (χ4n) is 2.88. The molecule has 1 N–H and O–H groups in total. The number of rotatable bonds is 4. The highest BCUT2D eigenvalue weighted by molar-refractivity contribution is 6.00. The van der Waals surface area contributed by atoms with Gasteiger partial charge in [-0.15, -0.1) is 0 Å². The van der Waals surface area contributed by atoms with E-state index in [1.807, 2.05) is 19.9 Å². The van der Waals surface area contributed by atoms with Gasteiger partial charge in [-0.25, -0.2) is 4.68 Å². The average molecular weight is 350 g/mol. The predicted molar refractivity (Wildman–Crippen MR) is 94.9 cm³/mol. The first-order chi connectivity index (χ1) is 12.3. The fraction of sp³-hybridized carbons (Fsp3) is 0.158. The molecule has 1 amide bonds. The molecule has 132 valence electrons. The number of aromatic carboxylic acids is 1. The number of nitrogens with one attached hydrogen (secondary N) is 1. The van der Waals surface area contributed by atoms with Gasteiger partial charge in [-0.2, -0.15) is 5.10 Å². The lowest BCUT2D eigenvalue weighted by Crippen LogP contribution is -2.34. The summed E-state index contributed by atoms with van der Waals surface area (Å²) in [4.78, 5) is 36.1. The lowest BCUT2D eigenvalue weighted by atomic mass is 10.1. The van der Waals surface area contributed by atoms with Gasteiger partial charge in [-0.1, -0.05) is 24.3 Å². The predicted octanol–water partition coefficient (Wildman–Crippen LogP) is 1.02. The lowest BCUT2D eigenvalue weighted by Gasteiger charge is -2.12. The number of aromatic nitrogens is 2. The summed E-state index contributed by atoms with van der Waals surface area (Å²) in [5.74, 6) is -1.99. The van der Waals surface area contributed by atoms with Crippen molar-refractivity contribution in [2.45, 2.75) is 20.4 Å². The Labute approximate surface area is 148 Å². The van der Waals surface area contributed by atoms with Crippen LogP contribution in [0.2, 0.25) is 0 Å². The van der Waals surface area contributed by atoms with Crippen LogP contribution in [-0.4, -0.2) is 21.7 Å². The summed E-state index contributed by atoms with van der Waals surface area (Å²) in [7, 11) is 0. The van der Waals surface area contributed by atoms with E-state index in [9.17, 15) is 19.5 Å². The molecule has 3 rings (SSSR count). The molecule has 2 aromatic carbocycles. The van der Waals surface area contributed by atoms with Crippen molar-refractivity contribution in [1.82, 2.24) is 9.78 Å². The third kappa shape index (κ3) is 3.46. The first-order valence-corrected chi connectivity index (χ1v) is 7.94. The molecule has 7 heteroatoms. The Morgan fingerprint density at radius 1 is 1.08 bits per heavy atom. The number of benzene rings is 2. The molecule has 7 nitrogen and oxygen atoms in total. The number of carbonyl (C=O) groups excluding carboxylic acids is 2. The number of hydrogen-bond donors (Lipinski definition) is 1. The van der Waals surface area contributed by atoms with E-state index in [-0.39, 0.29) is 16.5 Å². The van der Waals surface area contributed by atoms with Crippen molar-refractivity contribution in [1.29, 1.82) is 0 Å². The first-order valence-electron chi connectivity index (χ1n) is 7.94. The van der Waals surface area contributed by atoms with E-state index in [0.29, 0.717) is 5.69 Å². The maximum absolute atomic E-state index is 12.5. The zero-order valence-corrected chi connectivity index (χ0v) is 14.3. The molecule has 0 unspecified atom stereocenters. The summed E-state index contributed by atoms with van der Waals surface area (Å²) in [5.41, 5.74) is 1.66. The molecule has 0 fully saturated rings. The number of hydrogen-bond acceptors (Lipinski definition) is 5. The molecule has 0 radical (unpaired) electrons.